The Balaban J connectivity index is 2.23. The second-order valence-electron chi connectivity index (χ2n) is 5.21. The molecule has 0 spiro atoms. The summed E-state index contributed by atoms with van der Waals surface area (Å²) in [4.78, 5) is 0. The highest BCUT2D eigenvalue weighted by Crippen LogP contribution is 2.32. The Labute approximate surface area is 134 Å². The van der Waals surface area contributed by atoms with E-state index in [0.717, 1.165) is 12.5 Å². The van der Waals surface area contributed by atoms with Gasteiger partial charge in [0.2, 0.25) is 0 Å². The van der Waals surface area contributed by atoms with E-state index < -0.39 is 8.80 Å². The molecular formula is C18H24O3Si. The van der Waals surface area contributed by atoms with Gasteiger partial charge in [0, 0.05) is 33.3 Å². The van der Waals surface area contributed by atoms with E-state index >= 15 is 0 Å². The summed E-state index contributed by atoms with van der Waals surface area (Å²) in [5.74, 6) is 0.315. The quantitative estimate of drug-likeness (QED) is 0.687. The minimum absolute atomic E-state index is 0.315. The maximum absolute atomic E-state index is 5.55. The lowest BCUT2D eigenvalue weighted by Gasteiger charge is -2.27. The molecule has 0 aliphatic rings. The highest BCUT2D eigenvalue weighted by Gasteiger charge is 2.38. The molecule has 0 aliphatic heterocycles. The van der Waals surface area contributed by atoms with Gasteiger partial charge >= 0.3 is 8.80 Å². The largest absolute Gasteiger partial charge is 0.500 e. The van der Waals surface area contributed by atoms with Crippen molar-refractivity contribution in [2.24, 2.45) is 0 Å². The fraction of sp³-hybridized carbons (Fsp3) is 0.333. The van der Waals surface area contributed by atoms with Crippen LogP contribution < -0.4 is 0 Å². The number of rotatable bonds is 8. The van der Waals surface area contributed by atoms with Crippen LogP contribution in [0, 0.1) is 0 Å². The molecule has 0 aromatic heterocycles. The summed E-state index contributed by atoms with van der Waals surface area (Å²) < 4.78 is 16.7. The van der Waals surface area contributed by atoms with E-state index in [9.17, 15) is 0 Å². The van der Waals surface area contributed by atoms with Crippen molar-refractivity contribution in [3.05, 3.63) is 71.8 Å². The summed E-state index contributed by atoms with van der Waals surface area (Å²) in [5.41, 5.74) is 2.61. The van der Waals surface area contributed by atoms with E-state index in [4.69, 9.17) is 13.3 Å². The summed E-state index contributed by atoms with van der Waals surface area (Å²) in [6, 6.07) is 21.9. The Bertz CT molecular complexity index is 493. The van der Waals surface area contributed by atoms with Gasteiger partial charge < -0.3 is 13.3 Å². The molecule has 22 heavy (non-hydrogen) atoms. The molecule has 118 valence electrons. The predicted molar refractivity (Wildman–Crippen MR) is 90.9 cm³/mol. The van der Waals surface area contributed by atoms with Gasteiger partial charge in [-0.15, -0.1) is 0 Å². The highest BCUT2D eigenvalue weighted by atomic mass is 28.4. The lowest BCUT2D eigenvalue weighted by Crippen LogP contribution is -2.42. The number of benzene rings is 2. The van der Waals surface area contributed by atoms with Crippen molar-refractivity contribution in [3.63, 3.8) is 0 Å². The first-order valence-electron chi connectivity index (χ1n) is 7.50. The molecule has 2 rings (SSSR count). The van der Waals surface area contributed by atoms with Crippen LogP contribution in [0.15, 0.2) is 60.7 Å². The second kappa shape index (κ2) is 8.24. The molecule has 0 amide bonds. The van der Waals surface area contributed by atoms with Crippen LogP contribution in [-0.4, -0.2) is 30.1 Å². The van der Waals surface area contributed by atoms with Crippen molar-refractivity contribution in [3.8, 4) is 0 Å². The van der Waals surface area contributed by atoms with Gasteiger partial charge in [0.15, 0.2) is 0 Å². The zero-order chi connectivity index (χ0) is 15.8. The minimum Gasteiger partial charge on any atom is -0.377 e. The Kier molecular flexibility index (Phi) is 6.33. The molecule has 0 saturated carbocycles. The number of hydrogen-bond acceptors (Lipinski definition) is 3. The molecule has 0 bridgehead atoms. The first-order chi connectivity index (χ1) is 10.7. The number of hydrogen-bond donors (Lipinski definition) is 0. The third-order valence-electron chi connectivity index (χ3n) is 4.08. The standard InChI is InChI=1S/C18H24O3Si/c1-19-22(20-2,21-3)15-14-18(16-10-6-4-7-11-16)17-12-8-5-9-13-17/h4-13,18H,14-15H2,1-3H3. The minimum atomic E-state index is -2.55. The van der Waals surface area contributed by atoms with Crippen LogP contribution in [0.2, 0.25) is 6.04 Å². The first-order valence-corrected chi connectivity index (χ1v) is 9.43. The summed E-state index contributed by atoms with van der Waals surface area (Å²) in [7, 11) is 2.45. The third kappa shape index (κ3) is 4.05. The molecule has 0 aliphatic carbocycles. The van der Waals surface area contributed by atoms with E-state index in [1.165, 1.54) is 11.1 Å². The molecule has 0 heterocycles. The maximum atomic E-state index is 5.55. The Hall–Kier alpha value is -1.46. The molecule has 0 fully saturated rings. The molecule has 3 nitrogen and oxygen atoms in total. The molecule has 0 atom stereocenters. The third-order valence-corrected chi connectivity index (χ3v) is 6.84. The van der Waals surface area contributed by atoms with E-state index in [0.29, 0.717) is 5.92 Å². The van der Waals surface area contributed by atoms with Gasteiger partial charge in [-0.2, -0.15) is 0 Å². The fourth-order valence-corrected chi connectivity index (χ4v) is 4.53. The van der Waals surface area contributed by atoms with Crippen molar-refractivity contribution in [1.82, 2.24) is 0 Å². The van der Waals surface area contributed by atoms with Gasteiger partial charge in [0.05, 0.1) is 0 Å². The van der Waals surface area contributed by atoms with Crippen LogP contribution >= 0.6 is 0 Å². The SMILES string of the molecule is CO[Si](CCC(c1ccccc1)c1ccccc1)(OC)OC. The van der Waals surface area contributed by atoms with Gasteiger partial charge in [0.1, 0.15) is 0 Å². The van der Waals surface area contributed by atoms with Crippen LogP contribution in [-0.2, 0) is 13.3 Å². The topological polar surface area (TPSA) is 27.7 Å². The van der Waals surface area contributed by atoms with Crippen LogP contribution in [0.4, 0.5) is 0 Å². The smallest absolute Gasteiger partial charge is 0.377 e. The van der Waals surface area contributed by atoms with Crippen molar-refractivity contribution in [1.29, 1.82) is 0 Å². The van der Waals surface area contributed by atoms with Crippen molar-refractivity contribution in [2.45, 2.75) is 18.4 Å². The zero-order valence-corrected chi connectivity index (χ0v) is 14.5. The van der Waals surface area contributed by atoms with Crippen LogP contribution in [0.3, 0.4) is 0 Å². The molecule has 0 N–H and O–H groups in total. The van der Waals surface area contributed by atoms with Gasteiger partial charge in [0.25, 0.3) is 0 Å². The van der Waals surface area contributed by atoms with Crippen LogP contribution in [0.5, 0.6) is 0 Å². The average Bonchev–Trinajstić information content (AvgIpc) is 2.61. The molecule has 0 radical (unpaired) electrons. The average molecular weight is 316 g/mol. The molecule has 2 aromatic rings. The Morgan fingerprint density at radius 2 is 1.14 bits per heavy atom. The lowest BCUT2D eigenvalue weighted by atomic mass is 9.89. The van der Waals surface area contributed by atoms with Gasteiger partial charge in [-0.1, -0.05) is 60.7 Å². The van der Waals surface area contributed by atoms with E-state index in [2.05, 4.69) is 48.5 Å². The van der Waals surface area contributed by atoms with Gasteiger partial charge in [-0.3, -0.25) is 0 Å². The highest BCUT2D eigenvalue weighted by molar-refractivity contribution is 6.60. The van der Waals surface area contributed by atoms with E-state index in [1.54, 1.807) is 21.3 Å². The lowest BCUT2D eigenvalue weighted by molar-refractivity contribution is 0.122. The maximum Gasteiger partial charge on any atom is 0.500 e. The summed E-state index contributed by atoms with van der Waals surface area (Å²) in [6.07, 6.45) is 0.926. The van der Waals surface area contributed by atoms with Crippen LogP contribution in [0.1, 0.15) is 23.5 Å². The van der Waals surface area contributed by atoms with E-state index in [1.807, 2.05) is 12.1 Å². The molecule has 2 aromatic carbocycles. The summed E-state index contributed by atoms with van der Waals surface area (Å²) in [6.45, 7) is 0. The predicted octanol–water partition coefficient (Wildman–Crippen LogP) is 4.09. The van der Waals surface area contributed by atoms with E-state index in [-0.39, 0.29) is 0 Å². The van der Waals surface area contributed by atoms with Crippen molar-refractivity contribution in [2.75, 3.05) is 21.3 Å². The van der Waals surface area contributed by atoms with Crippen molar-refractivity contribution >= 4 is 8.80 Å². The Morgan fingerprint density at radius 3 is 1.50 bits per heavy atom. The van der Waals surface area contributed by atoms with Crippen LogP contribution in [0.25, 0.3) is 0 Å². The fourth-order valence-electron chi connectivity index (χ4n) is 2.77. The van der Waals surface area contributed by atoms with Crippen molar-refractivity contribution < 1.29 is 13.3 Å². The zero-order valence-electron chi connectivity index (χ0n) is 13.5. The summed E-state index contributed by atoms with van der Waals surface area (Å²) >= 11 is 0. The van der Waals surface area contributed by atoms with Gasteiger partial charge in [-0.25, -0.2) is 0 Å². The summed E-state index contributed by atoms with van der Waals surface area (Å²) in [5, 5.41) is 0. The molecule has 0 unspecified atom stereocenters. The second-order valence-corrected chi connectivity index (χ2v) is 8.30. The normalized spacial score (nSPS) is 11.8. The van der Waals surface area contributed by atoms with Gasteiger partial charge in [-0.05, 0) is 17.5 Å². The molecule has 4 heteroatoms. The Morgan fingerprint density at radius 1 is 0.727 bits per heavy atom. The molecule has 0 saturated heterocycles. The monoisotopic (exact) mass is 316 g/mol. The molecular weight excluding hydrogens is 292 g/mol. The first kappa shape index (κ1) is 16.9.